The zero-order chi connectivity index (χ0) is 17.7. The zero-order valence-corrected chi connectivity index (χ0v) is 15.1. The summed E-state index contributed by atoms with van der Waals surface area (Å²) >= 11 is 4.35. The third-order valence-electron chi connectivity index (χ3n) is 4.23. The van der Waals surface area contributed by atoms with Crippen LogP contribution in [0, 0.1) is 11.7 Å². The molecule has 1 atom stereocenters. The third kappa shape index (κ3) is 2.67. The van der Waals surface area contributed by atoms with Crippen LogP contribution >= 0.6 is 27.3 Å². The molecule has 1 aromatic heterocycles. The minimum Gasteiger partial charge on any atom is -0.503 e. The lowest BCUT2D eigenvalue weighted by Crippen LogP contribution is -2.31. The minimum atomic E-state index is -1.06. The molecule has 1 aromatic carbocycles. The lowest BCUT2D eigenvalue weighted by atomic mass is 9.94. The molecule has 2 heterocycles. The molecule has 2 aliphatic rings. The molecule has 1 saturated carbocycles. The number of amides is 1. The van der Waals surface area contributed by atoms with Gasteiger partial charge >= 0.3 is 0 Å². The topological polar surface area (TPSA) is 83.4 Å². The number of halogens is 2. The molecule has 4 rings (SSSR count). The van der Waals surface area contributed by atoms with Gasteiger partial charge in [-0.3, -0.25) is 14.5 Å². The van der Waals surface area contributed by atoms with Gasteiger partial charge in [0.2, 0.25) is 5.13 Å². The standard InChI is InChI=1S/C16H11BrFN3O3S/c17-8-3-4-10(18)9(5-8)12-11(13(22)7-1-2-7)14(23)15(24)21(12)16-20-19-6-25-16/h3-7,12,23H,1-2H2. The molecular weight excluding hydrogens is 413 g/mol. The Morgan fingerprint density at radius 2 is 2.16 bits per heavy atom. The molecular formula is C16H11BrFN3O3S. The number of hydrogen-bond acceptors (Lipinski definition) is 6. The van der Waals surface area contributed by atoms with Crippen molar-refractivity contribution in [1.82, 2.24) is 10.2 Å². The zero-order valence-electron chi connectivity index (χ0n) is 12.6. The molecule has 25 heavy (non-hydrogen) atoms. The van der Waals surface area contributed by atoms with Gasteiger partial charge in [0, 0.05) is 16.0 Å². The van der Waals surface area contributed by atoms with E-state index in [1.807, 2.05) is 0 Å². The van der Waals surface area contributed by atoms with Gasteiger partial charge in [0.15, 0.2) is 11.5 Å². The van der Waals surface area contributed by atoms with Crippen molar-refractivity contribution >= 4 is 44.1 Å². The van der Waals surface area contributed by atoms with Crippen LogP contribution in [0.4, 0.5) is 9.52 Å². The summed E-state index contributed by atoms with van der Waals surface area (Å²) in [6, 6.07) is 3.21. The van der Waals surface area contributed by atoms with Gasteiger partial charge in [0.25, 0.3) is 5.91 Å². The summed E-state index contributed by atoms with van der Waals surface area (Å²) < 4.78 is 15.1. The molecule has 1 N–H and O–H groups in total. The Labute approximate surface area is 154 Å². The van der Waals surface area contributed by atoms with Crippen LogP contribution in [0.2, 0.25) is 0 Å². The molecule has 6 nitrogen and oxygen atoms in total. The lowest BCUT2D eigenvalue weighted by molar-refractivity contribution is -0.118. The highest BCUT2D eigenvalue weighted by molar-refractivity contribution is 9.10. The van der Waals surface area contributed by atoms with Crippen molar-refractivity contribution in [3.63, 3.8) is 0 Å². The Balaban J connectivity index is 1.91. The number of anilines is 1. The summed E-state index contributed by atoms with van der Waals surface area (Å²) in [6.07, 6.45) is 1.41. The van der Waals surface area contributed by atoms with E-state index < -0.39 is 23.5 Å². The smallest absolute Gasteiger partial charge is 0.296 e. The maximum atomic E-state index is 14.5. The molecule has 2 aromatic rings. The maximum absolute atomic E-state index is 14.5. The van der Waals surface area contributed by atoms with E-state index in [-0.39, 0.29) is 28.0 Å². The fourth-order valence-electron chi connectivity index (χ4n) is 2.91. The van der Waals surface area contributed by atoms with Crippen LogP contribution in [-0.2, 0) is 9.59 Å². The Morgan fingerprint density at radius 3 is 2.80 bits per heavy atom. The first-order valence-electron chi connectivity index (χ1n) is 7.51. The van der Waals surface area contributed by atoms with E-state index in [1.165, 1.54) is 23.7 Å². The minimum absolute atomic E-state index is 0.0697. The predicted molar refractivity (Wildman–Crippen MR) is 91.6 cm³/mol. The third-order valence-corrected chi connectivity index (χ3v) is 5.41. The summed E-state index contributed by atoms with van der Waals surface area (Å²) in [5.41, 5.74) is 1.47. The van der Waals surface area contributed by atoms with Crippen molar-refractivity contribution in [2.24, 2.45) is 5.92 Å². The first kappa shape index (κ1) is 16.3. The highest BCUT2D eigenvalue weighted by Crippen LogP contribution is 2.46. The fraction of sp³-hybridized carbons (Fsp3) is 0.250. The van der Waals surface area contributed by atoms with Crippen molar-refractivity contribution in [1.29, 1.82) is 0 Å². The second-order valence-electron chi connectivity index (χ2n) is 5.87. The molecule has 1 aliphatic heterocycles. The molecule has 0 saturated heterocycles. The monoisotopic (exact) mass is 423 g/mol. The number of hydrogen-bond donors (Lipinski definition) is 1. The first-order valence-corrected chi connectivity index (χ1v) is 9.18. The van der Waals surface area contributed by atoms with Gasteiger partial charge < -0.3 is 5.11 Å². The number of Topliss-reactive ketones (excluding diaryl/α,β-unsaturated/α-hetero) is 1. The lowest BCUT2D eigenvalue weighted by Gasteiger charge is -2.24. The van der Waals surface area contributed by atoms with Gasteiger partial charge in [-0.25, -0.2) is 4.39 Å². The summed E-state index contributed by atoms with van der Waals surface area (Å²) in [5, 5.41) is 18.1. The summed E-state index contributed by atoms with van der Waals surface area (Å²) in [6.45, 7) is 0. The molecule has 1 aliphatic carbocycles. The Kier molecular flexibility index (Phi) is 3.92. The summed E-state index contributed by atoms with van der Waals surface area (Å²) in [5.74, 6) is -2.54. The fourth-order valence-corrected chi connectivity index (χ4v) is 3.87. The molecule has 0 bridgehead atoms. The second-order valence-corrected chi connectivity index (χ2v) is 7.59. The Hall–Kier alpha value is -2.13. The van der Waals surface area contributed by atoms with Crippen molar-refractivity contribution in [3.8, 4) is 0 Å². The van der Waals surface area contributed by atoms with Gasteiger partial charge in [0.05, 0.1) is 5.57 Å². The van der Waals surface area contributed by atoms with Crippen LogP contribution in [0.15, 0.2) is 39.5 Å². The van der Waals surface area contributed by atoms with Gasteiger partial charge in [-0.05, 0) is 31.0 Å². The quantitative estimate of drug-likeness (QED) is 0.815. The number of benzene rings is 1. The molecule has 1 unspecified atom stereocenters. The Morgan fingerprint density at radius 1 is 1.40 bits per heavy atom. The second kappa shape index (κ2) is 5.99. The van der Waals surface area contributed by atoms with Crippen molar-refractivity contribution in [2.75, 3.05) is 4.90 Å². The largest absolute Gasteiger partial charge is 0.503 e. The van der Waals surface area contributed by atoms with Crippen molar-refractivity contribution in [3.05, 3.63) is 50.9 Å². The van der Waals surface area contributed by atoms with E-state index in [0.29, 0.717) is 17.3 Å². The number of aliphatic hydroxyl groups is 1. The van der Waals surface area contributed by atoms with E-state index in [2.05, 4.69) is 26.1 Å². The highest BCUT2D eigenvalue weighted by atomic mass is 79.9. The number of aromatic nitrogens is 2. The average Bonchev–Trinajstić information content (AvgIpc) is 3.25. The summed E-state index contributed by atoms with van der Waals surface area (Å²) in [7, 11) is 0. The number of ketones is 1. The molecule has 0 spiro atoms. The highest BCUT2D eigenvalue weighted by Gasteiger charge is 2.49. The van der Waals surface area contributed by atoms with Crippen LogP contribution in [0.5, 0.6) is 0 Å². The number of carbonyl (C=O) groups is 2. The van der Waals surface area contributed by atoms with Crippen molar-refractivity contribution in [2.45, 2.75) is 18.9 Å². The van der Waals surface area contributed by atoms with E-state index in [4.69, 9.17) is 0 Å². The van der Waals surface area contributed by atoms with Crippen LogP contribution in [0.1, 0.15) is 24.4 Å². The SMILES string of the molecule is O=C(C1=C(O)C(=O)N(c2nncs2)C1c1cc(Br)ccc1F)C1CC1. The van der Waals surface area contributed by atoms with Crippen molar-refractivity contribution < 1.29 is 19.1 Å². The number of aliphatic hydroxyl groups excluding tert-OH is 1. The van der Waals surface area contributed by atoms with E-state index in [9.17, 15) is 19.1 Å². The Bertz CT molecular complexity index is 911. The molecule has 128 valence electrons. The number of carbonyl (C=O) groups excluding carboxylic acids is 2. The van der Waals surface area contributed by atoms with E-state index in [1.54, 1.807) is 0 Å². The number of rotatable bonds is 4. The average molecular weight is 424 g/mol. The van der Waals surface area contributed by atoms with Gasteiger partial charge in [0.1, 0.15) is 17.4 Å². The van der Waals surface area contributed by atoms with Gasteiger partial charge in [-0.1, -0.05) is 27.3 Å². The molecule has 1 amide bonds. The van der Waals surface area contributed by atoms with Crippen LogP contribution < -0.4 is 4.90 Å². The van der Waals surface area contributed by atoms with E-state index in [0.717, 1.165) is 16.2 Å². The van der Waals surface area contributed by atoms with Crippen LogP contribution in [0.3, 0.4) is 0 Å². The molecule has 9 heteroatoms. The number of nitrogens with zero attached hydrogens (tertiary/aromatic N) is 3. The van der Waals surface area contributed by atoms with Gasteiger partial charge in [-0.15, -0.1) is 10.2 Å². The maximum Gasteiger partial charge on any atom is 0.296 e. The van der Waals surface area contributed by atoms with Gasteiger partial charge in [-0.2, -0.15) is 0 Å². The predicted octanol–water partition coefficient (Wildman–Crippen LogP) is 3.32. The molecule has 1 fully saturated rings. The van der Waals surface area contributed by atoms with Crippen LogP contribution in [0.25, 0.3) is 0 Å². The van der Waals surface area contributed by atoms with E-state index >= 15 is 0 Å². The first-order chi connectivity index (χ1) is 12.0. The molecule has 0 radical (unpaired) electrons. The normalized spacial score (nSPS) is 20.5. The van der Waals surface area contributed by atoms with Crippen LogP contribution in [-0.4, -0.2) is 27.0 Å². The summed E-state index contributed by atoms with van der Waals surface area (Å²) in [4.78, 5) is 26.4.